The van der Waals surface area contributed by atoms with Crippen molar-refractivity contribution < 1.29 is 5.11 Å². The second-order valence-electron chi connectivity index (χ2n) is 3.16. The molecule has 58 valence electrons. The van der Waals surface area contributed by atoms with E-state index < -0.39 is 0 Å². The van der Waals surface area contributed by atoms with Crippen molar-refractivity contribution in [1.29, 1.82) is 0 Å². The molecular formula is C9H11NO. The van der Waals surface area contributed by atoms with Gasteiger partial charge in [0.15, 0.2) is 0 Å². The second-order valence-corrected chi connectivity index (χ2v) is 3.16. The van der Waals surface area contributed by atoms with Crippen molar-refractivity contribution >= 4 is 0 Å². The quantitative estimate of drug-likeness (QED) is 0.608. The number of pyridine rings is 1. The highest BCUT2D eigenvalue weighted by atomic mass is 16.3. The normalized spacial score (nSPS) is 28.5. The minimum absolute atomic E-state index is 0.261. The highest BCUT2D eigenvalue weighted by Gasteiger charge is 2.25. The lowest BCUT2D eigenvalue weighted by Gasteiger charge is -2.00. The molecule has 1 N–H and O–H groups in total. The summed E-state index contributed by atoms with van der Waals surface area (Å²) in [7, 11) is 0. The Morgan fingerprint density at radius 1 is 1.55 bits per heavy atom. The predicted octanol–water partition coefficient (Wildman–Crippen LogP) is 1.62. The zero-order valence-corrected chi connectivity index (χ0v) is 6.49. The van der Waals surface area contributed by atoms with E-state index in [1.54, 1.807) is 6.20 Å². The Labute approximate surface area is 65.9 Å². The molecule has 0 saturated carbocycles. The molecule has 11 heavy (non-hydrogen) atoms. The molecule has 1 aromatic rings. The first kappa shape index (κ1) is 6.80. The highest BCUT2D eigenvalue weighted by Crippen LogP contribution is 2.38. The molecule has 0 radical (unpaired) electrons. The van der Waals surface area contributed by atoms with Crippen molar-refractivity contribution in [1.82, 2.24) is 4.98 Å². The first-order chi connectivity index (χ1) is 5.29. The fraction of sp³-hybridized carbons (Fsp3) is 0.444. The maximum atomic E-state index is 9.52. The monoisotopic (exact) mass is 149 g/mol. The first-order valence-corrected chi connectivity index (χ1v) is 3.91. The first-order valence-electron chi connectivity index (χ1n) is 3.91. The van der Waals surface area contributed by atoms with Crippen molar-refractivity contribution in [2.24, 2.45) is 0 Å². The van der Waals surface area contributed by atoms with Gasteiger partial charge < -0.3 is 5.11 Å². The molecule has 0 aliphatic heterocycles. The van der Waals surface area contributed by atoms with Crippen LogP contribution in [0.4, 0.5) is 0 Å². The third-order valence-electron chi connectivity index (χ3n) is 2.35. The van der Waals surface area contributed by atoms with E-state index in [0.29, 0.717) is 5.92 Å². The zero-order valence-electron chi connectivity index (χ0n) is 6.49. The summed E-state index contributed by atoms with van der Waals surface area (Å²) < 4.78 is 0. The van der Waals surface area contributed by atoms with E-state index in [1.165, 1.54) is 5.56 Å². The van der Waals surface area contributed by atoms with Gasteiger partial charge in [-0.05, 0) is 29.5 Å². The van der Waals surface area contributed by atoms with Crippen LogP contribution in [0.1, 0.15) is 36.5 Å². The van der Waals surface area contributed by atoms with Crippen molar-refractivity contribution in [3.63, 3.8) is 0 Å². The summed E-state index contributed by atoms with van der Waals surface area (Å²) in [4.78, 5) is 4.03. The van der Waals surface area contributed by atoms with E-state index in [4.69, 9.17) is 0 Å². The summed E-state index contributed by atoms with van der Waals surface area (Å²) in [6.07, 6.45) is 4.18. The van der Waals surface area contributed by atoms with Crippen LogP contribution in [0.15, 0.2) is 18.5 Å². The van der Waals surface area contributed by atoms with Crippen LogP contribution >= 0.6 is 0 Å². The lowest BCUT2D eigenvalue weighted by Crippen LogP contribution is -1.89. The number of aromatic nitrogens is 1. The SMILES string of the molecule is C[C@@H]1C[C@@H](O)c2ccncc21. The number of aliphatic hydroxyl groups excluding tert-OH is 1. The molecule has 0 aromatic carbocycles. The third-order valence-corrected chi connectivity index (χ3v) is 2.35. The largest absolute Gasteiger partial charge is 0.388 e. The van der Waals surface area contributed by atoms with Gasteiger partial charge in [0.1, 0.15) is 0 Å². The summed E-state index contributed by atoms with van der Waals surface area (Å²) in [5.74, 6) is 0.466. The lowest BCUT2D eigenvalue weighted by atomic mass is 10.1. The maximum absolute atomic E-state index is 9.52. The van der Waals surface area contributed by atoms with E-state index in [1.807, 2.05) is 12.3 Å². The molecule has 2 atom stereocenters. The van der Waals surface area contributed by atoms with E-state index in [-0.39, 0.29) is 6.10 Å². The van der Waals surface area contributed by atoms with Crippen LogP contribution in [0, 0.1) is 0 Å². The van der Waals surface area contributed by atoms with Crippen molar-refractivity contribution in [2.75, 3.05) is 0 Å². The highest BCUT2D eigenvalue weighted by molar-refractivity contribution is 5.33. The number of fused-ring (bicyclic) bond motifs is 1. The number of aliphatic hydroxyl groups is 1. The van der Waals surface area contributed by atoms with Crippen LogP contribution in [-0.4, -0.2) is 10.1 Å². The van der Waals surface area contributed by atoms with Gasteiger partial charge in [0.2, 0.25) is 0 Å². The summed E-state index contributed by atoms with van der Waals surface area (Å²) in [5.41, 5.74) is 2.27. The molecule has 0 fully saturated rings. The Hall–Kier alpha value is -0.890. The number of hydrogen-bond acceptors (Lipinski definition) is 2. The van der Waals surface area contributed by atoms with Crippen molar-refractivity contribution in [3.8, 4) is 0 Å². The Morgan fingerprint density at radius 3 is 3.09 bits per heavy atom. The molecule has 0 unspecified atom stereocenters. The fourth-order valence-electron chi connectivity index (χ4n) is 1.72. The second kappa shape index (κ2) is 2.31. The number of rotatable bonds is 0. The van der Waals surface area contributed by atoms with Crippen LogP contribution in [0.2, 0.25) is 0 Å². The van der Waals surface area contributed by atoms with Gasteiger partial charge in [0.25, 0.3) is 0 Å². The van der Waals surface area contributed by atoms with Crippen molar-refractivity contribution in [2.45, 2.75) is 25.4 Å². The molecule has 0 saturated heterocycles. The smallest absolute Gasteiger partial charge is 0.0799 e. The van der Waals surface area contributed by atoms with E-state index in [0.717, 1.165) is 12.0 Å². The van der Waals surface area contributed by atoms with E-state index in [9.17, 15) is 5.11 Å². The zero-order chi connectivity index (χ0) is 7.84. The molecule has 0 spiro atoms. The summed E-state index contributed by atoms with van der Waals surface area (Å²) >= 11 is 0. The van der Waals surface area contributed by atoms with Crippen LogP contribution in [0.5, 0.6) is 0 Å². The molecule has 1 heterocycles. The maximum Gasteiger partial charge on any atom is 0.0799 e. The van der Waals surface area contributed by atoms with Gasteiger partial charge in [0.05, 0.1) is 6.10 Å². The van der Waals surface area contributed by atoms with Crippen LogP contribution in [0.25, 0.3) is 0 Å². The molecule has 2 rings (SSSR count). The molecule has 1 aliphatic rings. The predicted molar refractivity (Wildman–Crippen MR) is 42.2 cm³/mol. The molecule has 1 aliphatic carbocycles. The Bertz CT molecular complexity index is 245. The number of hydrogen-bond donors (Lipinski definition) is 1. The lowest BCUT2D eigenvalue weighted by molar-refractivity contribution is 0.174. The van der Waals surface area contributed by atoms with Gasteiger partial charge in [-0.1, -0.05) is 6.92 Å². The van der Waals surface area contributed by atoms with Gasteiger partial charge in [0, 0.05) is 12.4 Å². The Balaban J connectivity index is 2.52. The summed E-state index contributed by atoms with van der Waals surface area (Å²) in [6.45, 7) is 2.12. The topological polar surface area (TPSA) is 33.1 Å². The van der Waals surface area contributed by atoms with Gasteiger partial charge >= 0.3 is 0 Å². The van der Waals surface area contributed by atoms with Crippen LogP contribution < -0.4 is 0 Å². The minimum atomic E-state index is -0.261. The Kier molecular flexibility index (Phi) is 1.43. The van der Waals surface area contributed by atoms with Gasteiger partial charge in [-0.3, -0.25) is 4.98 Å². The van der Waals surface area contributed by atoms with E-state index >= 15 is 0 Å². The van der Waals surface area contributed by atoms with Gasteiger partial charge in [-0.2, -0.15) is 0 Å². The average molecular weight is 149 g/mol. The number of nitrogens with zero attached hydrogens (tertiary/aromatic N) is 1. The molecule has 1 aromatic heterocycles. The summed E-state index contributed by atoms with van der Waals surface area (Å²) in [6, 6.07) is 1.91. The molecule has 0 bridgehead atoms. The van der Waals surface area contributed by atoms with Crippen LogP contribution in [-0.2, 0) is 0 Å². The Morgan fingerprint density at radius 2 is 2.36 bits per heavy atom. The van der Waals surface area contributed by atoms with Gasteiger partial charge in [-0.15, -0.1) is 0 Å². The minimum Gasteiger partial charge on any atom is -0.388 e. The van der Waals surface area contributed by atoms with E-state index in [2.05, 4.69) is 11.9 Å². The average Bonchev–Trinajstić information content (AvgIpc) is 2.30. The molecule has 0 amide bonds. The van der Waals surface area contributed by atoms with Crippen molar-refractivity contribution in [3.05, 3.63) is 29.6 Å². The molecular weight excluding hydrogens is 138 g/mol. The summed E-state index contributed by atoms with van der Waals surface area (Å²) in [5, 5.41) is 9.52. The molecule has 2 heteroatoms. The molecule has 2 nitrogen and oxygen atoms in total. The standard InChI is InChI=1S/C9H11NO/c1-6-4-9(11)7-2-3-10-5-8(6)7/h2-3,5-6,9,11H,4H2,1H3/t6-,9-/m1/s1. The fourth-order valence-corrected chi connectivity index (χ4v) is 1.72. The van der Waals surface area contributed by atoms with Crippen LogP contribution in [0.3, 0.4) is 0 Å². The third kappa shape index (κ3) is 0.942. The van der Waals surface area contributed by atoms with Gasteiger partial charge in [-0.25, -0.2) is 0 Å².